The zero-order valence-electron chi connectivity index (χ0n) is 11.9. The molecule has 5 nitrogen and oxygen atoms in total. The van der Waals surface area contributed by atoms with Crippen LogP contribution in [0.1, 0.15) is 46.0 Å². The number of carbonyl (C=O) groups is 2. The number of hydrogen-bond donors (Lipinski definition) is 3. The molecular weight excluding hydrogens is 242 g/mol. The molecule has 2 bridgehead atoms. The molecule has 5 heteroatoms. The van der Waals surface area contributed by atoms with Crippen molar-refractivity contribution in [1.82, 2.24) is 16.0 Å². The highest BCUT2D eigenvalue weighted by Crippen LogP contribution is 2.32. The summed E-state index contributed by atoms with van der Waals surface area (Å²) in [6, 6.07) is 1.34. The summed E-state index contributed by atoms with van der Waals surface area (Å²) in [4.78, 5) is 23.3. The first-order chi connectivity index (χ1) is 9.02. The molecule has 3 N–H and O–H groups in total. The molecule has 2 saturated heterocycles. The van der Waals surface area contributed by atoms with Crippen LogP contribution in [-0.4, -0.2) is 36.5 Å². The van der Waals surface area contributed by atoms with Crippen LogP contribution in [0, 0.1) is 5.92 Å². The van der Waals surface area contributed by atoms with Crippen LogP contribution in [0.4, 0.5) is 0 Å². The molecule has 0 radical (unpaired) electrons. The van der Waals surface area contributed by atoms with Gasteiger partial charge in [-0.25, -0.2) is 0 Å². The smallest absolute Gasteiger partial charge is 0.239 e. The Kier molecular flexibility index (Phi) is 4.80. The van der Waals surface area contributed by atoms with E-state index in [1.54, 1.807) is 0 Å². The molecule has 2 atom stereocenters. The predicted octanol–water partition coefficient (Wildman–Crippen LogP) is 0.548. The van der Waals surface area contributed by atoms with Gasteiger partial charge in [0.2, 0.25) is 11.8 Å². The summed E-state index contributed by atoms with van der Waals surface area (Å²) in [5.41, 5.74) is 0. The Morgan fingerprint density at radius 1 is 1.16 bits per heavy atom. The zero-order chi connectivity index (χ0) is 13.8. The molecule has 0 aromatic heterocycles. The maximum absolute atomic E-state index is 11.8. The lowest BCUT2D eigenvalue weighted by Gasteiger charge is -2.28. The Morgan fingerprint density at radius 3 is 2.37 bits per heavy atom. The van der Waals surface area contributed by atoms with Crippen LogP contribution >= 0.6 is 0 Å². The summed E-state index contributed by atoms with van der Waals surface area (Å²) in [7, 11) is 0. The number of nitrogens with one attached hydrogen (secondary N) is 3. The van der Waals surface area contributed by atoms with Crippen LogP contribution in [0.2, 0.25) is 0 Å². The van der Waals surface area contributed by atoms with Crippen molar-refractivity contribution in [1.29, 1.82) is 0 Å². The van der Waals surface area contributed by atoms with E-state index < -0.39 is 0 Å². The third-order valence-corrected chi connectivity index (χ3v) is 3.94. The molecule has 2 heterocycles. The van der Waals surface area contributed by atoms with Crippen molar-refractivity contribution in [2.45, 2.75) is 64.1 Å². The molecule has 2 rings (SSSR count). The van der Waals surface area contributed by atoms with Gasteiger partial charge in [0.25, 0.3) is 0 Å². The summed E-state index contributed by atoms with van der Waals surface area (Å²) in [6.45, 7) is 3.91. The molecular formula is C14H25N3O2. The summed E-state index contributed by atoms with van der Waals surface area (Å²) in [5.74, 6) is 0.367. The fourth-order valence-corrected chi connectivity index (χ4v) is 3.23. The van der Waals surface area contributed by atoms with Crippen LogP contribution in [0.25, 0.3) is 0 Å². The molecule has 0 saturated carbocycles. The summed E-state index contributed by atoms with van der Waals surface area (Å²) in [5, 5.41) is 9.05. The summed E-state index contributed by atoms with van der Waals surface area (Å²) < 4.78 is 0. The molecule has 0 aromatic carbocycles. The highest BCUT2D eigenvalue weighted by molar-refractivity contribution is 5.84. The minimum Gasteiger partial charge on any atom is -0.352 e. The van der Waals surface area contributed by atoms with Gasteiger partial charge in [-0.15, -0.1) is 0 Å². The Hall–Kier alpha value is -1.10. The maximum Gasteiger partial charge on any atom is 0.239 e. The largest absolute Gasteiger partial charge is 0.352 e. The molecule has 0 aromatic rings. The van der Waals surface area contributed by atoms with Gasteiger partial charge in [0.15, 0.2) is 0 Å². The number of piperidine rings is 1. The Labute approximate surface area is 114 Å². The van der Waals surface area contributed by atoms with Crippen molar-refractivity contribution >= 4 is 11.8 Å². The number of carbonyl (C=O) groups excluding carboxylic acids is 2. The molecule has 0 aliphatic carbocycles. The summed E-state index contributed by atoms with van der Waals surface area (Å²) in [6.07, 6.45) is 5.26. The topological polar surface area (TPSA) is 70.2 Å². The molecule has 108 valence electrons. The normalized spacial score (nSPS) is 29.3. The van der Waals surface area contributed by atoms with Crippen molar-refractivity contribution in [3.05, 3.63) is 0 Å². The second kappa shape index (κ2) is 6.37. The molecule has 0 spiro atoms. The van der Waals surface area contributed by atoms with E-state index in [0.29, 0.717) is 24.4 Å². The summed E-state index contributed by atoms with van der Waals surface area (Å²) >= 11 is 0. The fourth-order valence-electron chi connectivity index (χ4n) is 3.23. The molecule has 2 unspecified atom stereocenters. The average molecular weight is 267 g/mol. The lowest BCUT2D eigenvalue weighted by atomic mass is 9.89. The van der Waals surface area contributed by atoms with Gasteiger partial charge < -0.3 is 16.0 Å². The van der Waals surface area contributed by atoms with Gasteiger partial charge in [0.05, 0.1) is 6.54 Å². The Bertz CT molecular complexity index is 332. The van der Waals surface area contributed by atoms with E-state index in [9.17, 15) is 9.59 Å². The standard InChI is InChI=1S/C14H25N3O2/c1-9(2)16-14(19)8-15-13(18)7-10-5-11-3-4-12(6-10)17-11/h9-12,17H,3-8H2,1-2H3,(H,15,18)(H,16,19). The first kappa shape index (κ1) is 14.3. The Morgan fingerprint density at radius 2 is 1.79 bits per heavy atom. The van der Waals surface area contributed by atoms with Gasteiger partial charge in [0, 0.05) is 24.5 Å². The van der Waals surface area contributed by atoms with Crippen LogP contribution in [0.15, 0.2) is 0 Å². The van der Waals surface area contributed by atoms with E-state index in [1.165, 1.54) is 12.8 Å². The monoisotopic (exact) mass is 267 g/mol. The first-order valence-corrected chi connectivity index (χ1v) is 7.35. The number of hydrogen-bond acceptors (Lipinski definition) is 3. The van der Waals surface area contributed by atoms with E-state index in [0.717, 1.165) is 12.8 Å². The third-order valence-electron chi connectivity index (χ3n) is 3.94. The fraction of sp³-hybridized carbons (Fsp3) is 0.857. The minimum atomic E-state index is -0.117. The quantitative estimate of drug-likeness (QED) is 0.681. The predicted molar refractivity (Wildman–Crippen MR) is 73.6 cm³/mol. The molecule has 19 heavy (non-hydrogen) atoms. The van der Waals surface area contributed by atoms with Crippen molar-refractivity contribution in [2.75, 3.05) is 6.54 Å². The second-order valence-electron chi connectivity index (χ2n) is 6.18. The van der Waals surface area contributed by atoms with Crippen LogP contribution in [0.5, 0.6) is 0 Å². The number of amides is 2. The SMILES string of the molecule is CC(C)NC(=O)CNC(=O)CC1CC2CCC(C1)N2. The van der Waals surface area contributed by atoms with E-state index in [-0.39, 0.29) is 24.4 Å². The van der Waals surface area contributed by atoms with E-state index >= 15 is 0 Å². The van der Waals surface area contributed by atoms with Crippen molar-refractivity contribution in [2.24, 2.45) is 5.92 Å². The van der Waals surface area contributed by atoms with Gasteiger partial charge in [-0.1, -0.05) is 0 Å². The minimum absolute atomic E-state index is 0.00482. The highest BCUT2D eigenvalue weighted by Gasteiger charge is 2.34. The zero-order valence-corrected chi connectivity index (χ0v) is 11.9. The maximum atomic E-state index is 11.8. The van der Waals surface area contributed by atoms with E-state index in [2.05, 4.69) is 16.0 Å². The van der Waals surface area contributed by atoms with Gasteiger partial charge in [-0.3, -0.25) is 9.59 Å². The molecule has 2 aliphatic heterocycles. The van der Waals surface area contributed by atoms with Crippen LogP contribution < -0.4 is 16.0 Å². The second-order valence-corrected chi connectivity index (χ2v) is 6.18. The van der Waals surface area contributed by atoms with Crippen molar-refractivity contribution in [3.63, 3.8) is 0 Å². The van der Waals surface area contributed by atoms with Gasteiger partial charge in [0.1, 0.15) is 0 Å². The van der Waals surface area contributed by atoms with Gasteiger partial charge >= 0.3 is 0 Å². The Balaban J connectivity index is 1.66. The van der Waals surface area contributed by atoms with Crippen LogP contribution in [0.3, 0.4) is 0 Å². The molecule has 2 amide bonds. The average Bonchev–Trinajstić information content (AvgIpc) is 2.65. The van der Waals surface area contributed by atoms with Crippen LogP contribution in [-0.2, 0) is 9.59 Å². The number of fused-ring (bicyclic) bond motifs is 2. The lowest BCUT2D eigenvalue weighted by molar-refractivity contribution is -0.127. The first-order valence-electron chi connectivity index (χ1n) is 7.35. The van der Waals surface area contributed by atoms with E-state index in [4.69, 9.17) is 0 Å². The lowest BCUT2D eigenvalue weighted by Crippen LogP contribution is -2.42. The third kappa shape index (κ3) is 4.49. The molecule has 2 fully saturated rings. The molecule has 2 aliphatic rings. The van der Waals surface area contributed by atoms with Crippen molar-refractivity contribution in [3.8, 4) is 0 Å². The number of rotatable bonds is 5. The highest BCUT2D eigenvalue weighted by atomic mass is 16.2. The van der Waals surface area contributed by atoms with Gasteiger partial charge in [-0.2, -0.15) is 0 Å². The van der Waals surface area contributed by atoms with Gasteiger partial charge in [-0.05, 0) is 45.4 Å². The van der Waals surface area contributed by atoms with Crippen molar-refractivity contribution < 1.29 is 9.59 Å². The van der Waals surface area contributed by atoms with E-state index in [1.807, 2.05) is 13.8 Å².